The lowest BCUT2D eigenvalue weighted by Crippen LogP contribution is -2.16. The van der Waals surface area contributed by atoms with E-state index >= 15 is 0 Å². The van der Waals surface area contributed by atoms with Crippen LogP contribution in [0.15, 0.2) is 16.6 Å². The smallest absolute Gasteiger partial charge is 0.411 e. The van der Waals surface area contributed by atoms with Crippen molar-refractivity contribution in [2.75, 3.05) is 18.5 Å². The highest BCUT2D eigenvalue weighted by atomic mass is 79.9. The third-order valence-corrected chi connectivity index (χ3v) is 2.61. The molecule has 0 fully saturated rings. The average molecular weight is 329 g/mol. The van der Waals surface area contributed by atoms with Gasteiger partial charge >= 0.3 is 6.09 Å². The molecule has 1 aromatic rings. The van der Waals surface area contributed by atoms with E-state index in [9.17, 15) is 4.79 Å². The molecule has 16 heavy (non-hydrogen) atoms. The van der Waals surface area contributed by atoms with Crippen LogP contribution in [-0.2, 0) is 4.74 Å². The molecule has 0 spiro atoms. The van der Waals surface area contributed by atoms with Crippen molar-refractivity contribution in [1.29, 1.82) is 0 Å². The predicted molar refractivity (Wildman–Crippen MR) is 66.2 cm³/mol. The molecule has 0 saturated carbocycles. The van der Waals surface area contributed by atoms with Gasteiger partial charge in [0, 0.05) is 4.47 Å². The van der Waals surface area contributed by atoms with Crippen molar-refractivity contribution in [3.05, 3.63) is 26.7 Å². The van der Waals surface area contributed by atoms with Crippen molar-refractivity contribution in [1.82, 2.24) is 0 Å². The number of nitrogens with one attached hydrogen (secondary N) is 1. The molecule has 88 valence electrons. The second-order valence-corrected chi connectivity index (χ2v) is 4.46. The molecule has 0 aliphatic heterocycles. The fourth-order valence-electron chi connectivity index (χ4n) is 0.938. The lowest BCUT2D eigenvalue weighted by atomic mass is 10.3. The van der Waals surface area contributed by atoms with Gasteiger partial charge in [0.25, 0.3) is 0 Å². The van der Waals surface area contributed by atoms with Gasteiger partial charge in [-0.25, -0.2) is 4.79 Å². The van der Waals surface area contributed by atoms with Crippen LogP contribution in [0.25, 0.3) is 0 Å². The van der Waals surface area contributed by atoms with Gasteiger partial charge < -0.3 is 9.84 Å². The highest BCUT2D eigenvalue weighted by molar-refractivity contribution is 9.10. The first-order valence-electron chi connectivity index (χ1n) is 4.23. The van der Waals surface area contributed by atoms with Crippen LogP contribution in [0, 0.1) is 0 Å². The Balaban J connectivity index is 2.77. The van der Waals surface area contributed by atoms with E-state index in [0.717, 1.165) is 0 Å². The van der Waals surface area contributed by atoms with E-state index in [1.165, 1.54) is 0 Å². The van der Waals surface area contributed by atoms with Crippen LogP contribution in [0.1, 0.15) is 0 Å². The summed E-state index contributed by atoms with van der Waals surface area (Å²) in [5, 5.41) is 11.4. The van der Waals surface area contributed by atoms with E-state index in [0.29, 0.717) is 14.5 Å². The van der Waals surface area contributed by atoms with Gasteiger partial charge in [0.1, 0.15) is 6.61 Å². The van der Waals surface area contributed by atoms with Crippen molar-refractivity contribution in [3.63, 3.8) is 0 Å². The molecule has 2 N–H and O–H groups in total. The number of carbonyl (C=O) groups excluding carboxylic acids is 1. The molecule has 7 heteroatoms. The minimum atomic E-state index is -0.722. The topological polar surface area (TPSA) is 58.6 Å². The maximum atomic E-state index is 11.2. The molecule has 0 aromatic heterocycles. The summed E-state index contributed by atoms with van der Waals surface area (Å²) in [6.07, 6.45) is -0.722. The van der Waals surface area contributed by atoms with Crippen molar-refractivity contribution in [3.8, 4) is 0 Å². The van der Waals surface area contributed by atoms with Crippen LogP contribution in [0.2, 0.25) is 10.0 Å². The SMILES string of the molecule is O=C(Nc1c(Cl)cc(Br)cc1Cl)OCCO. The lowest BCUT2D eigenvalue weighted by Gasteiger charge is -2.09. The van der Waals surface area contributed by atoms with Gasteiger partial charge in [-0.2, -0.15) is 0 Å². The second-order valence-electron chi connectivity index (χ2n) is 2.73. The molecule has 0 bridgehead atoms. The maximum Gasteiger partial charge on any atom is 0.411 e. The van der Waals surface area contributed by atoms with Gasteiger partial charge in [0.05, 0.1) is 22.3 Å². The number of rotatable bonds is 3. The quantitative estimate of drug-likeness (QED) is 0.895. The van der Waals surface area contributed by atoms with Crippen molar-refractivity contribution in [2.24, 2.45) is 0 Å². The molecule has 4 nitrogen and oxygen atoms in total. The minimum absolute atomic E-state index is 0.0857. The van der Waals surface area contributed by atoms with E-state index in [1.54, 1.807) is 12.1 Å². The maximum absolute atomic E-state index is 11.2. The predicted octanol–water partition coefficient (Wildman–Crippen LogP) is 3.30. The third-order valence-electron chi connectivity index (χ3n) is 1.56. The molecule has 1 aromatic carbocycles. The van der Waals surface area contributed by atoms with Crippen molar-refractivity contribution < 1.29 is 14.6 Å². The number of aliphatic hydroxyl groups is 1. The molecule has 0 unspecified atom stereocenters. The minimum Gasteiger partial charge on any atom is -0.447 e. The van der Waals surface area contributed by atoms with Crippen LogP contribution >= 0.6 is 39.1 Å². The normalized spacial score (nSPS) is 10.0. The first kappa shape index (κ1) is 13.6. The van der Waals surface area contributed by atoms with Crippen LogP contribution in [-0.4, -0.2) is 24.4 Å². The van der Waals surface area contributed by atoms with Gasteiger partial charge in [0.15, 0.2) is 0 Å². The second kappa shape index (κ2) is 6.30. The summed E-state index contributed by atoms with van der Waals surface area (Å²) in [6, 6.07) is 3.18. The van der Waals surface area contributed by atoms with Crippen LogP contribution in [0.5, 0.6) is 0 Å². The molecule has 0 atom stereocenters. The number of anilines is 1. The number of hydrogen-bond acceptors (Lipinski definition) is 3. The fraction of sp³-hybridized carbons (Fsp3) is 0.222. The number of carbonyl (C=O) groups is 1. The summed E-state index contributed by atoms with van der Waals surface area (Å²) in [7, 11) is 0. The largest absolute Gasteiger partial charge is 0.447 e. The molecular formula is C9H8BrCl2NO3. The average Bonchev–Trinajstić information content (AvgIpc) is 2.20. The zero-order chi connectivity index (χ0) is 12.1. The first-order valence-corrected chi connectivity index (χ1v) is 5.78. The Morgan fingerprint density at radius 1 is 1.44 bits per heavy atom. The van der Waals surface area contributed by atoms with Gasteiger partial charge in [-0.3, -0.25) is 5.32 Å². The summed E-state index contributed by atoms with van der Waals surface area (Å²) in [5.41, 5.74) is 0.273. The standard InChI is InChI=1S/C9H8BrCl2NO3/c10-5-3-6(11)8(7(12)4-5)13-9(15)16-2-1-14/h3-4,14H,1-2H2,(H,13,15). The van der Waals surface area contributed by atoms with Gasteiger partial charge in [-0.05, 0) is 12.1 Å². The molecule has 0 aliphatic carbocycles. The number of halogens is 3. The third kappa shape index (κ3) is 3.83. The zero-order valence-corrected chi connectivity index (χ0v) is 11.1. The summed E-state index contributed by atoms with van der Waals surface area (Å²) >= 11 is 15.0. The lowest BCUT2D eigenvalue weighted by molar-refractivity contribution is 0.131. The summed E-state index contributed by atoms with van der Waals surface area (Å²) in [5.74, 6) is 0. The van der Waals surface area contributed by atoms with E-state index < -0.39 is 6.09 Å². The summed E-state index contributed by atoms with van der Waals surface area (Å²) in [6.45, 7) is -0.327. The zero-order valence-electron chi connectivity index (χ0n) is 7.97. The molecular weight excluding hydrogens is 321 g/mol. The monoisotopic (exact) mass is 327 g/mol. The Labute approximate surface area is 111 Å². The van der Waals surface area contributed by atoms with Gasteiger partial charge in [-0.1, -0.05) is 39.1 Å². The van der Waals surface area contributed by atoms with Gasteiger partial charge in [-0.15, -0.1) is 0 Å². The molecule has 0 aliphatic rings. The number of aliphatic hydroxyl groups excluding tert-OH is 1. The fourth-order valence-corrected chi connectivity index (χ4v) is 2.24. The number of hydrogen-bond donors (Lipinski definition) is 2. The Morgan fingerprint density at radius 2 is 2.00 bits per heavy atom. The Bertz CT molecular complexity index is 377. The van der Waals surface area contributed by atoms with Crippen molar-refractivity contribution in [2.45, 2.75) is 0 Å². The van der Waals surface area contributed by atoms with E-state index in [-0.39, 0.29) is 18.9 Å². The van der Waals surface area contributed by atoms with Crippen LogP contribution in [0.4, 0.5) is 10.5 Å². The molecule has 0 radical (unpaired) electrons. The number of benzene rings is 1. The summed E-state index contributed by atoms with van der Waals surface area (Å²) < 4.78 is 5.31. The molecule has 1 amide bonds. The first-order chi connectivity index (χ1) is 7.54. The molecule has 1 rings (SSSR count). The van der Waals surface area contributed by atoms with E-state index in [1.807, 2.05) is 0 Å². The highest BCUT2D eigenvalue weighted by Gasteiger charge is 2.11. The Morgan fingerprint density at radius 3 is 2.50 bits per heavy atom. The van der Waals surface area contributed by atoms with E-state index in [4.69, 9.17) is 28.3 Å². The number of amides is 1. The van der Waals surface area contributed by atoms with Crippen molar-refractivity contribution >= 4 is 50.9 Å². The van der Waals surface area contributed by atoms with Crippen LogP contribution in [0.3, 0.4) is 0 Å². The Hall–Kier alpha value is -0.490. The molecule has 0 heterocycles. The van der Waals surface area contributed by atoms with Crippen LogP contribution < -0.4 is 5.32 Å². The summed E-state index contributed by atoms with van der Waals surface area (Å²) in [4.78, 5) is 11.2. The number of ether oxygens (including phenoxy) is 1. The Kier molecular flexibility index (Phi) is 5.34. The van der Waals surface area contributed by atoms with Gasteiger partial charge in [0.2, 0.25) is 0 Å². The van der Waals surface area contributed by atoms with E-state index in [2.05, 4.69) is 26.0 Å². The highest BCUT2D eigenvalue weighted by Crippen LogP contribution is 2.33. The molecule has 0 saturated heterocycles.